The minimum absolute atomic E-state index is 0.0937. The second-order valence-corrected chi connectivity index (χ2v) is 4.63. The summed E-state index contributed by atoms with van der Waals surface area (Å²) in [5.41, 5.74) is 0.563. The van der Waals surface area contributed by atoms with E-state index in [4.69, 9.17) is 0 Å². The quantitative estimate of drug-likeness (QED) is 0.807. The first-order valence-electron chi connectivity index (χ1n) is 4.52. The topological polar surface area (TPSA) is 57.8 Å². The molecule has 0 aliphatic carbocycles. The predicted octanol–water partition coefficient (Wildman–Crippen LogP) is 1.56. The fraction of sp³-hybridized carbons (Fsp3) is 0.556. The summed E-state index contributed by atoms with van der Waals surface area (Å²) < 4.78 is 0. The number of nitrogens with one attached hydrogen (secondary N) is 2. The van der Waals surface area contributed by atoms with Crippen molar-refractivity contribution in [3.8, 4) is 0 Å². The van der Waals surface area contributed by atoms with Gasteiger partial charge in [-0.2, -0.15) is 5.10 Å². The molecule has 1 rings (SSSR count). The molecule has 5 heteroatoms. The molecule has 0 saturated carbocycles. The smallest absolute Gasteiger partial charge is 0.254 e. The molecule has 0 radical (unpaired) electrons. The van der Waals surface area contributed by atoms with Crippen LogP contribution in [-0.4, -0.2) is 27.5 Å². The minimum Gasteiger partial charge on any atom is -0.351 e. The monoisotopic (exact) mass is 259 g/mol. The molecule has 1 unspecified atom stereocenters. The number of hydrogen-bond acceptors (Lipinski definition) is 2. The lowest BCUT2D eigenvalue weighted by Gasteiger charge is -2.13. The number of amides is 1. The SMILES string of the molecule is CC(C)C(Br)CNC(=O)c1cn[nH]c1. The molecule has 0 aromatic carbocycles. The Hall–Kier alpha value is -0.840. The van der Waals surface area contributed by atoms with Gasteiger partial charge in [0, 0.05) is 17.6 Å². The number of aromatic nitrogens is 2. The van der Waals surface area contributed by atoms with Crippen molar-refractivity contribution in [3.05, 3.63) is 18.0 Å². The standard InChI is InChI=1S/C9H14BrN3O/c1-6(2)8(10)5-11-9(14)7-3-12-13-4-7/h3-4,6,8H,5H2,1-2H3,(H,11,14)(H,12,13). The van der Waals surface area contributed by atoms with Crippen LogP contribution in [0.1, 0.15) is 24.2 Å². The van der Waals surface area contributed by atoms with Gasteiger partial charge in [-0.05, 0) is 5.92 Å². The number of rotatable bonds is 4. The van der Waals surface area contributed by atoms with Crippen LogP contribution in [0.25, 0.3) is 0 Å². The van der Waals surface area contributed by atoms with E-state index in [1.807, 2.05) is 0 Å². The highest BCUT2D eigenvalue weighted by atomic mass is 79.9. The van der Waals surface area contributed by atoms with Gasteiger partial charge in [-0.1, -0.05) is 29.8 Å². The summed E-state index contributed by atoms with van der Waals surface area (Å²) >= 11 is 3.50. The Morgan fingerprint density at radius 3 is 2.93 bits per heavy atom. The fourth-order valence-electron chi connectivity index (χ4n) is 0.903. The van der Waals surface area contributed by atoms with Crippen LogP contribution in [0.5, 0.6) is 0 Å². The third-order valence-electron chi connectivity index (χ3n) is 1.94. The van der Waals surface area contributed by atoms with Crippen molar-refractivity contribution in [1.29, 1.82) is 0 Å². The lowest BCUT2D eigenvalue weighted by molar-refractivity contribution is 0.0953. The van der Waals surface area contributed by atoms with E-state index in [1.54, 1.807) is 6.20 Å². The molecular weight excluding hydrogens is 246 g/mol. The normalized spacial score (nSPS) is 12.9. The highest BCUT2D eigenvalue weighted by molar-refractivity contribution is 9.09. The molecular formula is C9H14BrN3O. The molecule has 0 bridgehead atoms. The average Bonchev–Trinajstić information content (AvgIpc) is 2.66. The van der Waals surface area contributed by atoms with Crippen molar-refractivity contribution in [2.45, 2.75) is 18.7 Å². The van der Waals surface area contributed by atoms with Gasteiger partial charge in [0.2, 0.25) is 0 Å². The first kappa shape index (κ1) is 11.2. The second kappa shape index (κ2) is 5.14. The third kappa shape index (κ3) is 3.14. The summed E-state index contributed by atoms with van der Waals surface area (Å²) in [5.74, 6) is 0.406. The number of nitrogens with zero attached hydrogens (tertiary/aromatic N) is 1. The van der Waals surface area contributed by atoms with E-state index in [-0.39, 0.29) is 5.91 Å². The largest absolute Gasteiger partial charge is 0.351 e. The summed E-state index contributed by atoms with van der Waals surface area (Å²) in [6.07, 6.45) is 3.09. The molecule has 0 spiro atoms. The lowest BCUT2D eigenvalue weighted by Crippen LogP contribution is -2.31. The van der Waals surface area contributed by atoms with Crippen molar-refractivity contribution < 1.29 is 4.79 Å². The zero-order valence-corrected chi connectivity index (χ0v) is 9.84. The summed E-state index contributed by atoms with van der Waals surface area (Å²) in [5, 5.41) is 9.13. The summed E-state index contributed by atoms with van der Waals surface area (Å²) in [6.45, 7) is 4.83. The maximum atomic E-state index is 11.4. The zero-order chi connectivity index (χ0) is 10.6. The van der Waals surface area contributed by atoms with Crippen LogP contribution < -0.4 is 5.32 Å². The number of carbonyl (C=O) groups excluding carboxylic acids is 1. The number of alkyl halides is 1. The molecule has 1 aromatic heterocycles. The molecule has 78 valence electrons. The van der Waals surface area contributed by atoms with E-state index in [0.29, 0.717) is 22.9 Å². The van der Waals surface area contributed by atoms with Gasteiger partial charge in [-0.3, -0.25) is 9.89 Å². The van der Waals surface area contributed by atoms with Crippen LogP contribution >= 0.6 is 15.9 Å². The fourth-order valence-corrected chi connectivity index (χ4v) is 1.06. The summed E-state index contributed by atoms with van der Waals surface area (Å²) in [7, 11) is 0. The van der Waals surface area contributed by atoms with Gasteiger partial charge in [0.1, 0.15) is 0 Å². The van der Waals surface area contributed by atoms with E-state index in [1.165, 1.54) is 6.20 Å². The van der Waals surface area contributed by atoms with E-state index in [2.05, 4.69) is 45.3 Å². The number of halogens is 1. The molecule has 0 fully saturated rings. The van der Waals surface area contributed by atoms with E-state index >= 15 is 0 Å². The average molecular weight is 260 g/mol. The highest BCUT2D eigenvalue weighted by Crippen LogP contribution is 2.10. The number of H-pyrrole nitrogens is 1. The summed E-state index contributed by atoms with van der Waals surface area (Å²) in [6, 6.07) is 0. The molecule has 4 nitrogen and oxygen atoms in total. The molecule has 1 atom stereocenters. The molecule has 0 saturated heterocycles. The maximum absolute atomic E-state index is 11.4. The first-order valence-corrected chi connectivity index (χ1v) is 5.44. The minimum atomic E-state index is -0.0937. The van der Waals surface area contributed by atoms with Crippen molar-refractivity contribution in [3.63, 3.8) is 0 Å². The zero-order valence-electron chi connectivity index (χ0n) is 8.25. The Morgan fingerprint density at radius 2 is 2.43 bits per heavy atom. The van der Waals surface area contributed by atoms with Gasteiger partial charge in [0.05, 0.1) is 11.8 Å². The van der Waals surface area contributed by atoms with Crippen LogP contribution in [0.4, 0.5) is 0 Å². The van der Waals surface area contributed by atoms with Gasteiger partial charge in [0.15, 0.2) is 0 Å². The second-order valence-electron chi connectivity index (χ2n) is 3.46. The Bertz CT molecular complexity index is 284. The molecule has 0 aliphatic heterocycles. The molecule has 1 aromatic rings. The molecule has 1 amide bonds. The Balaban J connectivity index is 2.36. The highest BCUT2D eigenvalue weighted by Gasteiger charge is 2.11. The van der Waals surface area contributed by atoms with Crippen molar-refractivity contribution >= 4 is 21.8 Å². The lowest BCUT2D eigenvalue weighted by atomic mass is 10.1. The van der Waals surface area contributed by atoms with Crippen LogP contribution in [0, 0.1) is 5.92 Å². The van der Waals surface area contributed by atoms with Crippen molar-refractivity contribution in [2.75, 3.05) is 6.54 Å². The van der Waals surface area contributed by atoms with Crippen LogP contribution in [-0.2, 0) is 0 Å². The summed E-state index contributed by atoms with van der Waals surface area (Å²) in [4.78, 5) is 11.7. The molecule has 14 heavy (non-hydrogen) atoms. The van der Waals surface area contributed by atoms with Gasteiger partial charge in [-0.15, -0.1) is 0 Å². The molecule has 0 aliphatic rings. The van der Waals surface area contributed by atoms with Crippen LogP contribution in [0.3, 0.4) is 0 Å². The van der Waals surface area contributed by atoms with Gasteiger partial charge in [-0.25, -0.2) is 0 Å². The Morgan fingerprint density at radius 1 is 1.71 bits per heavy atom. The molecule has 2 N–H and O–H groups in total. The number of aromatic amines is 1. The maximum Gasteiger partial charge on any atom is 0.254 e. The first-order chi connectivity index (χ1) is 6.61. The number of carbonyl (C=O) groups is 1. The van der Waals surface area contributed by atoms with Crippen LogP contribution in [0.15, 0.2) is 12.4 Å². The number of hydrogen-bond donors (Lipinski definition) is 2. The predicted molar refractivity (Wildman–Crippen MR) is 58.5 cm³/mol. The van der Waals surface area contributed by atoms with Crippen molar-refractivity contribution in [2.24, 2.45) is 5.92 Å². The Kier molecular flexibility index (Phi) is 4.13. The van der Waals surface area contributed by atoms with Gasteiger partial charge < -0.3 is 5.32 Å². The van der Waals surface area contributed by atoms with E-state index < -0.39 is 0 Å². The Labute approximate surface area is 91.6 Å². The molecule has 1 heterocycles. The van der Waals surface area contributed by atoms with Gasteiger partial charge >= 0.3 is 0 Å². The van der Waals surface area contributed by atoms with E-state index in [0.717, 1.165) is 0 Å². The van der Waals surface area contributed by atoms with Crippen molar-refractivity contribution in [1.82, 2.24) is 15.5 Å². The third-order valence-corrected chi connectivity index (χ3v) is 3.32. The van der Waals surface area contributed by atoms with Crippen LogP contribution in [0.2, 0.25) is 0 Å². The van der Waals surface area contributed by atoms with E-state index in [9.17, 15) is 4.79 Å². The van der Waals surface area contributed by atoms with Gasteiger partial charge in [0.25, 0.3) is 5.91 Å².